The minimum absolute atomic E-state index is 0. The Morgan fingerprint density at radius 1 is 1.26 bits per heavy atom. The number of hydrogen-bond donors (Lipinski definition) is 2. The SMILES string of the molecule is CN=C(NCCNS(=O)(=O)c1cc(C)ccc1C)N(C)Cc1cn(C)nc1C(C)C.I. The van der Waals surface area contributed by atoms with Crippen molar-refractivity contribution in [3.05, 3.63) is 46.8 Å². The molecular weight excluding hydrogens is 527 g/mol. The molecule has 10 heteroatoms. The summed E-state index contributed by atoms with van der Waals surface area (Å²) >= 11 is 0. The molecule has 0 aliphatic carbocycles. The van der Waals surface area contributed by atoms with Crippen molar-refractivity contribution < 1.29 is 8.42 Å². The average molecular weight is 563 g/mol. The molecule has 0 radical (unpaired) electrons. The number of nitrogens with one attached hydrogen (secondary N) is 2. The van der Waals surface area contributed by atoms with E-state index in [2.05, 4.69) is 34.0 Å². The second-order valence-electron chi connectivity index (χ2n) is 7.86. The van der Waals surface area contributed by atoms with Gasteiger partial charge in [0.1, 0.15) is 0 Å². The van der Waals surface area contributed by atoms with Gasteiger partial charge in [0.05, 0.1) is 10.6 Å². The molecule has 0 bridgehead atoms. The zero-order chi connectivity index (χ0) is 22.5. The van der Waals surface area contributed by atoms with Gasteiger partial charge < -0.3 is 10.2 Å². The summed E-state index contributed by atoms with van der Waals surface area (Å²) in [4.78, 5) is 6.63. The fourth-order valence-electron chi connectivity index (χ4n) is 3.31. The molecule has 0 spiro atoms. The molecule has 1 aromatic heterocycles. The number of aryl methyl sites for hydroxylation is 3. The summed E-state index contributed by atoms with van der Waals surface area (Å²) in [5.74, 6) is 1.03. The number of aliphatic imine (C=N–C) groups is 1. The highest BCUT2D eigenvalue weighted by Crippen LogP contribution is 2.19. The lowest BCUT2D eigenvalue weighted by atomic mass is 10.1. The van der Waals surface area contributed by atoms with E-state index in [1.165, 1.54) is 0 Å². The molecule has 0 amide bonds. The Balaban J connectivity index is 0.00000480. The van der Waals surface area contributed by atoms with E-state index in [4.69, 9.17) is 0 Å². The molecular formula is C21H35IN6O2S. The molecule has 1 aromatic carbocycles. The predicted octanol–water partition coefficient (Wildman–Crippen LogP) is 2.76. The number of nitrogens with zero attached hydrogens (tertiary/aromatic N) is 4. The van der Waals surface area contributed by atoms with Gasteiger partial charge in [-0.15, -0.1) is 24.0 Å². The summed E-state index contributed by atoms with van der Waals surface area (Å²) in [6.07, 6.45) is 2.03. The van der Waals surface area contributed by atoms with Crippen LogP contribution in [0, 0.1) is 13.8 Å². The van der Waals surface area contributed by atoms with Crippen molar-refractivity contribution in [2.45, 2.75) is 45.1 Å². The van der Waals surface area contributed by atoms with Crippen LogP contribution in [0.15, 0.2) is 34.3 Å². The third-order valence-corrected chi connectivity index (χ3v) is 6.40. The second-order valence-corrected chi connectivity index (χ2v) is 9.60. The van der Waals surface area contributed by atoms with Gasteiger partial charge in [-0.25, -0.2) is 13.1 Å². The second kappa shape index (κ2) is 11.8. The molecule has 31 heavy (non-hydrogen) atoms. The fourth-order valence-corrected chi connectivity index (χ4v) is 4.67. The molecule has 2 aromatic rings. The lowest BCUT2D eigenvalue weighted by molar-refractivity contribution is 0.473. The van der Waals surface area contributed by atoms with Gasteiger partial charge >= 0.3 is 0 Å². The summed E-state index contributed by atoms with van der Waals surface area (Å²) in [6.45, 7) is 9.27. The molecule has 0 atom stereocenters. The number of guanidine groups is 1. The van der Waals surface area contributed by atoms with Crippen LogP contribution in [0.25, 0.3) is 0 Å². The van der Waals surface area contributed by atoms with Crippen LogP contribution in [0.4, 0.5) is 0 Å². The Bertz CT molecular complexity index is 1000. The topological polar surface area (TPSA) is 91.6 Å². The van der Waals surface area contributed by atoms with E-state index in [0.29, 0.717) is 29.9 Å². The van der Waals surface area contributed by atoms with Crippen LogP contribution in [-0.2, 0) is 23.6 Å². The lowest BCUT2D eigenvalue weighted by Crippen LogP contribution is -2.42. The van der Waals surface area contributed by atoms with Crippen molar-refractivity contribution in [2.24, 2.45) is 12.0 Å². The molecule has 174 valence electrons. The number of aromatic nitrogens is 2. The van der Waals surface area contributed by atoms with Crippen LogP contribution >= 0.6 is 24.0 Å². The first-order chi connectivity index (χ1) is 14.0. The van der Waals surface area contributed by atoms with Gasteiger partial charge in [-0.3, -0.25) is 9.67 Å². The normalized spacial score (nSPS) is 12.1. The highest BCUT2D eigenvalue weighted by Gasteiger charge is 2.17. The van der Waals surface area contributed by atoms with Crippen LogP contribution in [0.5, 0.6) is 0 Å². The number of benzene rings is 1. The number of sulfonamides is 1. The first kappa shape index (κ1) is 27.4. The molecule has 0 aliphatic rings. The van der Waals surface area contributed by atoms with Crippen molar-refractivity contribution in [1.29, 1.82) is 0 Å². The fraction of sp³-hybridized carbons (Fsp3) is 0.524. The van der Waals surface area contributed by atoms with Gasteiger partial charge in [-0.05, 0) is 37.0 Å². The minimum Gasteiger partial charge on any atom is -0.355 e. The van der Waals surface area contributed by atoms with E-state index in [9.17, 15) is 8.42 Å². The van der Waals surface area contributed by atoms with Crippen LogP contribution < -0.4 is 10.0 Å². The Morgan fingerprint density at radius 3 is 2.55 bits per heavy atom. The third-order valence-electron chi connectivity index (χ3n) is 4.80. The summed E-state index contributed by atoms with van der Waals surface area (Å²) in [5, 5.41) is 7.76. The number of halogens is 1. The maximum Gasteiger partial charge on any atom is 0.240 e. The largest absolute Gasteiger partial charge is 0.355 e. The Morgan fingerprint density at radius 2 is 1.94 bits per heavy atom. The first-order valence-corrected chi connectivity index (χ1v) is 11.5. The molecule has 1 heterocycles. The lowest BCUT2D eigenvalue weighted by Gasteiger charge is -2.22. The third kappa shape index (κ3) is 7.46. The van der Waals surface area contributed by atoms with Gasteiger partial charge in [0.2, 0.25) is 10.0 Å². The molecule has 8 nitrogen and oxygen atoms in total. The first-order valence-electron chi connectivity index (χ1n) is 10.1. The zero-order valence-corrected chi connectivity index (χ0v) is 22.6. The highest BCUT2D eigenvalue weighted by atomic mass is 127. The number of rotatable bonds is 8. The average Bonchev–Trinajstić information content (AvgIpc) is 3.04. The van der Waals surface area contributed by atoms with E-state index in [1.54, 1.807) is 20.0 Å². The molecule has 2 rings (SSSR count). The van der Waals surface area contributed by atoms with Gasteiger partial charge in [0.25, 0.3) is 0 Å². The summed E-state index contributed by atoms with van der Waals surface area (Å²) in [5.41, 5.74) is 3.86. The Hall–Kier alpha value is -1.66. The molecule has 0 fully saturated rings. The maximum absolute atomic E-state index is 12.6. The van der Waals surface area contributed by atoms with Crippen molar-refractivity contribution in [2.75, 3.05) is 27.2 Å². The van der Waals surface area contributed by atoms with Crippen molar-refractivity contribution >= 4 is 40.0 Å². The van der Waals surface area contributed by atoms with Crippen molar-refractivity contribution in [1.82, 2.24) is 24.7 Å². The Kier molecular flexibility index (Phi) is 10.4. The summed E-state index contributed by atoms with van der Waals surface area (Å²) in [7, 11) is 2.03. The van der Waals surface area contributed by atoms with Crippen LogP contribution in [-0.4, -0.2) is 56.2 Å². The summed E-state index contributed by atoms with van der Waals surface area (Å²) in [6, 6.07) is 5.42. The van der Waals surface area contributed by atoms with Crippen LogP contribution in [0.1, 0.15) is 42.1 Å². The van der Waals surface area contributed by atoms with Crippen molar-refractivity contribution in [3.63, 3.8) is 0 Å². The smallest absolute Gasteiger partial charge is 0.240 e. The number of hydrogen-bond acceptors (Lipinski definition) is 4. The van der Waals surface area contributed by atoms with Gasteiger partial charge in [0, 0.05) is 52.5 Å². The van der Waals surface area contributed by atoms with E-state index >= 15 is 0 Å². The van der Waals surface area contributed by atoms with Gasteiger partial charge in [-0.2, -0.15) is 5.10 Å². The Labute approximate surface area is 203 Å². The standard InChI is InChI=1S/C21H34N6O2S.HI/c1-15(2)20-18(14-27(7)25-20)13-26(6)21(22-5)23-10-11-24-30(28,29)19-12-16(3)8-9-17(19)4;/h8-9,12,14-15,24H,10-11,13H2,1-7H3,(H,22,23);1H. The van der Waals surface area contributed by atoms with E-state index in [1.807, 2.05) is 48.9 Å². The minimum atomic E-state index is -3.55. The van der Waals surface area contributed by atoms with Crippen LogP contribution in [0.3, 0.4) is 0 Å². The molecule has 0 saturated heterocycles. The van der Waals surface area contributed by atoms with Gasteiger partial charge in [0.15, 0.2) is 5.96 Å². The monoisotopic (exact) mass is 562 g/mol. The maximum atomic E-state index is 12.6. The van der Waals surface area contributed by atoms with E-state index in [-0.39, 0.29) is 30.5 Å². The molecule has 0 aliphatic heterocycles. The van der Waals surface area contributed by atoms with E-state index in [0.717, 1.165) is 22.4 Å². The summed E-state index contributed by atoms with van der Waals surface area (Å²) < 4.78 is 29.7. The molecule has 0 unspecified atom stereocenters. The highest BCUT2D eigenvalue weighted by molar-refractivity contribution is 14.0. The zero-order valence-electron chi connectivity index (χ0n) is 19.4. The predicted molar refractivity (Wildman–Crippen MR) is 137 cm³/mol. The molecule has 0 saturated carbocycles. The van der Waals surface area contributed by atoms with E-state index < -0.39 is 10.0 Å². The molecule has 2 N–H and O–H groups in total. The quantitative estimate of drug-likeness (QED) is 0.224. The van der Waals surface area contributed by atoms with Gasteiger partial charge in [-0.1, -0.05) is 26.0 Å². The van der Waals surface area contributed by atoms with Crippen molar-refractivity contribution in [3.8, 4) is 0 Å². The van der Waals surface area contributed by atoms with Crippen LogP contribution in [0.2, 0.25) is 0 Å².